The standard InChI is InChI=1S/C15H19F3N2O3.ClH/c1-22-9-15(4-6-19-7-5-15)13(21)20-10-2-3-12(11(16)8-10)23-14(17)18;/h2-3,8,14,19H,4-7,9H2,1H3,(H,20,21);1H. The number of alkyl halides is 2. The minimum absolute atomic E-state index is 0. The molecule has 1 heterocycles. The van der Waals surface area contributed by atoms with Crippen LogP contribution in [0.15, 0.2) is 18.2 Å². The summed E-state index contributed by atoms with van der Waals surface area (Å²) in [6.07, 6.45) is 1.20. The predicted molar refractivity (Wildman–Crippen MR) is 85.3 cm³/mol. The largest absolute Gasteiger partial charge is 0.432 e. The van der Waals surface area contributed by atoms with E-state index in [9.17, 15) is 18.0 Å². The lowest BCUT2D eigenvalue weighted by molar-refractivity contribution is -0.130. The molecule has 1 aromatic carbocycles. The fraction of sp³-hybridized carbons (Fsp3) is 0.533. The summed E-state index contributed by atoms with van der Waals surface area (Å²) in [7, 11) is 1.52. The molecule has 1 aliphatic heterocycles. The first-order valence-electron chi connectivity index (χ1n) is 7.22. The lowest BCUT2D eigenvalue weighted by Gasteiger charge is -2.35. The number of carbonyl (C=O) groups excluding carboxylic acids is 1. The number of hydrogen-bond donors (Lipinski definition) is 2. The fourth-order valence-electron chi connectivity index (χ4n) is 2.65. The smallest absolute Gasteiger partial charge is 0.387 e. The summed E-state index contributed by atoms with van der Waals surface area (Å²) in [6, 6.07) is 3.33. The molecule has 0 spiro atoms. The van der Waals surface area contributed by atoms with Gasteiger partial charge < -0.3 is 20.1 Å². The first-order valence-corrected chi connectivity index (χ1v) is 7.22. The van der Waals surface area contributed by atoms with Crippen LogP contribution in [0, 0.1) is 11.2 Å². The molecule has 9 heteroatoms. The maximum Gasteiger partial charge on any atom is 0.387 e. The third-order valence-electron chi connectivity index (χ3n) is 3.87. The van der Waals surface area contributed by atoms with E-state index in [1.165, 1.54) is 13.2 Å². The monoisotopic (exact) mass is 368 g/mol. The molecule has 1 fully saturated rings. The van der Waals surface area contributed by atoms with Crippen molar-refractivity contribution in [2.75, 3.05) is 32.1 Å². The van der Waals surface area contributed by atoms with E-state index in [1.807, 2.05) is 0 Å². The number of halogens is 4. The van der Waals surface area contributed by atoms with Crippen molar-refractivity contribution < 1.29 is 27.4 Å². The van der Waals surface area contributed by atoms with Crippen LogP contribution in [-0.2, 0) is 9.53 Å². The quantitative estimate of drug-likeness (QED) is 0.810. The van der Waals surface area contributed by atoms with Gasteiger partial charge in [-0.1, -0.05) is 0 Å². The Labute approximate surface area is 144 Å². The Kier molecular flexibility index (Phi) is 7.78. The second-order valence-electron chi connectivity index (χ2n) is 5.44. The van der Waals surface area contributed by atoms with Crippen molar-refractivity contribution in [2.24, 2.45) is 5.41 Å². The number of methoxy groups -OCH3 is 1. The number of ether oxygens (including phenoxy) is 2. The lowest BCUT2D eigenvalue weighted by Crippen LogP contribution is -2.47. The highest BCUT2D eigenvalue weighted by Crippen LogP contribution is 2.31. The first-order chi connectivity index (χ1) is 11.0. The molecule has 24 heavy (non-hydrogen) atoms. The van der Waals surface area contributed by atoms with E-state index in [1.54, 1.807) is 0 Å². The molecule has 0 atom stereocenters. The zero-order valence-electron chi connectivity index (χ0n) is 13.1. The van der Waals surface area contributed by atoms with Crippen LogP contribution in [0.2, 0.25) is 0 Å². The van der Waals surface area contributed by atoms with Gasteiger partial charge in [0.15, 0.2) is 11.6 Å². The van der Waals surface area contributed by atoms with Crippen LogP contribution in [0.1, 0.15) is 12.8 Å². The van der Waals surface area contributed by atoms with Crippen LogP contribution in [0.5, 0.6) is 5.75 Å². The maximum atomic E-state index is 13.7. The Hall–Kier alpha value is -1.51. The fourth-order valence-corrected chi connectivity index (χ4v) is 2.65. The normalized spacial score (nSPS) is 16.4. The minimum atomic E-state index is -3.11. The summed E-state index contributed by atoms with van der Waals surface area (Å²) in [5.74, 6) is -1.80. The topological polar surface area (TPSA) is 59.6 Å². The van der Waals surface area contributed by atoms with Gasteiger partial charge in [0.1, 0.15) is 0 Å². The number of hydrogen-bond acceptors (Lipinski definition) is 4. The lowest BCUT2D eigenvalue weighted by atomic mass is 9.78. The molecule has 1 saturated heterocycles. The number of benzene rings is 1. The molecule has 0 radical (unpaired) electrons. The van der Waals surface area contributed by atoms with Gasteiger partial charge in [0, 0.05) is 18.9 Å². The molecule has 5 nitrogen and oxygen atoms in total. The first kappa shape index (κ1) is 20.5. The van der Waals surface area contributed by atoms with Crippen molar-refractivity contribution in [1.82, 2.24) is 5.32 Å². The summed E-state index contributed by atoms with van der Waals surface area (Å²) in [4.78, 5) is 12.6. The zero-order valence-corrected chi connectivity index (χ0v) is 13.9. The molecule has 136 valence electrons. The SMILES string of the molecule is COCC1(C(=O)Nc2ccc(OC(F)F)c(F)c2)CCNCC1.Cl. The Morgan fingerprint density at radius 2 is 2.04 bits per heavy atom. The molecule has 2 rings (SSSR count). The maximum absolute atomic E-state index is 13.7. The Bertz CT molecular complexity index is 549. The molecule has 0 unspecified atom stereocenters. The second-order valence-corrected chi connectivity index (χ2v) is 5.44. The molecule has 0 saturated carbocycles. The van der Waals surface area contributed by atoms with Gasteiger partial charge in [0.2, 0.25) is 5.91 Å². The van der Waals surface area contributed by atoms with Gasteiger partial charge in [0.25, 0.3) is 0 Å². The Morgan fingerprint density at radius 3 is 2.58 bits per heavy atom. The predicted octanol–water partition coefficient (Wildman–Crippen LogP) is 2.80. The van der Waals surface area contributed by atoms with Crippen LogP contribution in [-0.4, -0.2) is 39.3 Å². The third kappa shape index (κ3) is 4.99. The van der Waals surface area contributed by atoms with Gasteiger partial charge >= 0.3 is 6.61 Å². The van der Waals surface area contributed by atoms with E-state index in [0.717, 1.165) is 12.1 Å². The van der Waals surface area contributed by atoms with Crippen molar-refractivity contribution in [1.29, 1.82) is 0 Å². The molecule has 2 N–H and O–H groups in total. The second kappa shape index (κ2) is 9.10. The van der Waals surface area contributed by atoms with E-state index < -0.39 is 23.6 Å². The summed E-state index contributed by atoms with van der Waals surface area (Å²) in [5.41, 5.74) is -0.502. The van der Waals surface area contributed by atoms with Crippen molar-refractivity contribution in [3.8, 4) is 5.75 Å². The van der Waals surface area contributed by atoms with Gasteiger partial charge in [-0.3, -0.25) is 4.79 Å². The number of carbonyl (C=O) groups is 1. The average Bonchev–Trinajstić information content (AvgIpc) is 2.51. The van der Waals surface area contributed by atoms with Crippen molar-refractivity contribution in [3.05, 3.63) is 24.0 Å². The molecular weight excluding hydrogens is 349 g/mol. The van der Waals surface area contributed by atoms with Crippen LogP contribution < -0.4 is 15.4 Å². The molecule has 1 aromatic rings. The highest BCUT2D eigenvalue weighted by Gasteiger charge is 2.39. The van der Waals surface area contributed by atoms with E-state index >= 15 is 0 Å². The molecule has 0 aromatic heterocycles. The summed E-state index contributed by atoms with van der Waals surface area (Å²) < 4.78 is 47.1. The summed E-state index contributed by atoms with van der Waals surface area (Å²) in [5, 5.41) is 5.80. The molecule has 0 aliphatic carbocycles. The number of amides is 1. The van der Waals surface area contributed by atoms with E-state index in [-0.39, 0.29) is 30.6 Å². The van der Waals surface area contributed by atoms with E-state index in [0.29, 0.717) is 25.9 Å². The van der Waals surface area contributed by atoms with Gasteiger partial charge in [-0.25, -0.2) is 4.39 Å². The van der Waals surface area contributed by atoms with Crippen LogP contribution in [0.4, 0.5) is 18.9 Å². The average molecular weight is 369 g/mol. The van der Waals surface area contributed by atoms with Crippen molar-refractivity contribution in [3.63, 3.8) is 0 Å². The summed E-state index contributed by atoms with van der Waals surface area (Å²) in [6.45, 7) is -1.47. The van der Waals surface area contributed by atoms with Crippen LogP contribution >= 0.6 is 12.4 Å². The van der Waals surface area contributed by atoms with Crippen molar-refractivity contribution >= 4 is 24.0 Å². The van der Waals surface area contributed by atoms with Crippen LogP contribution in [0.3, 0.4) is 0 Å². The number of anilines is 1. The zero-order chi connectivity index (χ0) is 16.9. The highest BCUT2D eigenvalue weighted by molar-refractivity contribution is 5.95. The van der Waals surface area contributed by atoms with Crippen LogP contribution in [0.25, 0.3) is 0 Å². The summed E-state index contributed by atoms with van der Waals surface area (Å²) >= 11 is 0. The van der Waals surface area contributed by atoms with Gasteiger partial charge in [0.05, 0.1) is 12.0 Å². The number of piperidine rings is 1. The minimum Gasteiger partial charge on any atom is -0.432 e. The molecule has 0 bridgehead atoms. The van der Waals surface area contributed by atoms with E-state index in [4.69, 9.17) is 4.74 Å². The highest BCUT2D eigenvalue weighted by atomic mass is 35.5. The van der Waals surface area contributed by atoms with Gasteiger partial charge in [-0.2, -0.15) is 8.78 Å². The molecule has 1 amide bonds. The molecular formula is C15H20ClF3N2O3. The molecule has 1 aliphatic rings. The van der Waals surface area contributed by atoms with Crippen molar-refractivity contribution in [2.45, 2.75) is 19.5 Å². The number of rotatable bonds is 6. The number of nitrogens with one attached hydrogen (secondary N) is 2. The Balaban J connectivity index is 0.00000288. The van der Waals surface area contributed by atoms with Gasteiger partial charge in [-0.15, -0.1) is 12.4 Å². The van der Waals surface area contributed by atoms with Gasteiger partial charge in [-0.05, 0) is 38.1 Å². The third-order valence-corrected chi connectivity index (χ3v) is 3.87. The Morgan fingerprint density at radius 1 is 1.38 bits per heavy atom. The van der Waals surface area contributed by atoms with E-state index in [2.05, 4.69) is 15.4 Å².